The lowest BCUT2D eigenvalue weighted by Gasteiger charge is -2.09. The summed E-state index contributed by atoms with van der Waals surface area (Å²) in [5, 5.41) is 3.38. The van der Waals surface area contributed by atoms with E-state index >= 15 is 0 Å². The van der Waals surface area contributed by atoms with Crippen LogP contribution in [0, 0.1) is 6.92 Å². The molecule has 0 aliphatic carbocycles. The average Bonchev–Trinajstić information content (AvgIpc) is 2.77. The van der Waals surface area contributed by atoms with E-state index in [1.165, 1.54) is 12.8 Å². The molecule has 1 atom stereocenters. The predicted molar refractivity (Wildman–Crippen MR) is 51.9 cm³/mol. The standard InChI is InChI=1S/C10H16N2O2/c1-8-12-10(7-14-8)6-13-5-9-3-2-4-11-9/h7,9,11H,2-6H2,1H3. The molecule has 0 radical (unpaired) electrons. The molecule has 2 rings (SSSR count). The summed E-state index contributed by atoms with van der Waals surface area (Å²) in [5.41, 5.74) is 0.875. The number of hydrogen-bond acceptors (Lipinski definition) is 4. The molecule has 0 amide bonds. The summed E-state index contributed by atoms with van der Waals surface area (Å²) in [6.07, 6.45) is 4.13. The summed E-state index contributed by atoms with van der Waals surface area (Å²) in [7, 11) is 0. The number of oxazole rings is 1. The Balaban J connectivity index is 1.67. The van der Waals surface area contributed by atoms with Crippen molar-refractivity contribution in [2.24, 2.45) is 0 Å². The normalized spacial score (nSPS) is 21.6. The first-order valence-electron chi connectivity index (χ1n) is 5.07. The van der Waals surface area contributed by atoms with Crippen molar-refractivity contribution in [3.05, 3.63) is 17.8 Å². The highest BCUT2D eigenvalue weighted by atomic mass is 16.5. The molecular formula is C10H16N2O2. The van der Waals surface area contributed by atoms with E-state index in [1.54, 1.807) is 6.26 Å². The first-order valence-corrected chi connectivity index (χ1v) is 5.07. The molecule has 1 saturated heterocycles. The van der Waals surface area contributed by atoms with E-state index in [9.17, 15) is 0 Å². The highest BCUT2D eigenvalue weighted by Gasteiger charge is 2.13. The maximum absolute atomic E-state index is 5.53. The molecule has 1 aliphatic heterocycles. The second-order valence-electron chi connectivity index (χ2n) is 3.67. The van der Waals surface area contributed by atoms with Gasteiger partial charge in [0.1, 0.15) is 12.0 Å². The molecule has 1 aromatic rings. The maximum Gasteiger partial charge on any atom is 0.191 e. The minimum absolute atomic E-state index is 0.531. The van der Waals surface area contributed by atoms with Crippen LogP contribution in [0.4, 0.5) is 0 Å². The summed E-state index contributed by atoms with van der Waals surface area (Å²) >= 11 is 0. The van der Waals surface area contributed by atoms with Crippen molar-refractivity contribution in [2.45, 2.75) is 32.4 Å². The van der Waals surface area contributed by atoms with Gasteiger partial charge in [-0.2, -0.15) is 0 Å². The Morgan fingerprint density at radius 1 is 1.71 bits per heavy atom. The van der Waals surface area contributed by atoms with Gasteiger partial charge in [0.2, 0.25) is 0 Å². The van der Waals surface area contributed by atoms with Gasteiger partial charge in [0.25, 0.3) is 0 Å². The first kappa shape index (κ1) is 9.68. The lowest BCUT2D eigenvalue weighted by Crippen LogP contribution is -2.26. The molecule has 0 aromatic carbocycles. The Labute approximate surface area is 83.7 Å². The molecular weight excluding hydrogens is 180 g/mol. The number of hydrogen-bond donors (Lipinski definition) is 1. The number of aromatic nitrogens is 1. The van der Waals surface area contributed by atoms with Crippen LogP contribution in [0.2, 0.25) is 0 Å². The molecule has 4 heteroatoms. The van der Waals surface area contributed by atoms with Crippen LogP contribution in [0.1, 0.15) is 24.4 Å². The Morgan fingerprint density at radius 3 is 3.29 bits per heavy atom. The van der Waals surface area contributed by atoms with Gasteiger partial charge in [0, 0.05) is 13.0 Å². The van der Waals surface area contributed by atoms with E-state index in [0.29, 0.717) is 18.5 Å². The molecule has 0 bridgehead atoms. The van der Waals surface area contributed by atoms with Gasteiger partial charge in [-0.3, -0.25) is 0 Å². The SMILES string of the molecule is Cc1nc(COCC2CCCN2)co1. The van der Waals surface area contributed by atoms with Crippen molar-refractivity contribution in [3.8, 4) is 0 Å². The molecule has 0 saturated carbocycles. The molecule has 1 fully saturated rings. The largest absolute Gasteiger partial charge is 0.449 e. The quantitative estimate of drug-likeness (QED) is 0.787. The second-order valence-corrected chi connectivity index (χ2v) is 3.67. The van der Waals surface area contributed by atoms with Crippen LogP contribution < -0.4 is 5.32 Å². The Hall–Kier alpha value is -0.870. The molecule has 4 nitrogen and oxygen atoms in total. The van der Waals surface area contributed by atoms with E-state index in [4.69, 9.17) is 9.15 Å². The van der Waals surface area contributed by atoms with Crippen molar-refractivity contribution >= 4 is 0 Å². The molecule has 1 N–H and O–H groups in total. The van der Waals surface area contributed by atoms with Crippen LogP contribution in [0.5, 0.6) is 0 Å². The van der Waals surface area contributed by atoms with Gasteiger partial charge < -0.3 is 14.5 Å². The molecule has 0 spiro atoms. The fourth-order valence-electron chi connectivity index (χ4n) is 1.68. The van der Waals surface area contributed by atoms with E-state index < -0.39 is 0 Å². The Bertz CT molecular complexity index is 279. The number of nitrogens with zero attached hydrogens (tertiary/aromatic N) is 1. The average molecular weight is 196 g/mol. The number of rotatable bonds is 4. The van der Waals surface area contributed by atoms with E-state index in [2.05, 4.69) is 10.3 Å². The highest BCUT2D eigenvalue weighted by molar-refractivity contribution is 4.93. The van der Waals surface area contributed by atoms with Crippen molar-refractivity contribution < 1.29 is 9.15 Å². The van der Waals surface area contributed by atoms with Crippen LogP contribution in [0.25, 0.3) is 0 Å². The van der Waals surface area contributed by atoms with Gasteiger partial charge in [-0.1, -0.05) is 0 Å². The van der Waals surface area contributed by atoms with Crippen LogP contribution in [0.3, 0.4) is 0 Å². The van der Waals surface area contributed by atoms with Crippen LogP contribution >= 0.6 is 0 Å². The first-order chi connectivity index (χ1) is 6.84. The third kappa shape index (κ3) is 2.56. The molecule has 1 unspecified atom stereocenters. The monoisotopic (exact) mass is 196 g/mol. The van der Waals surface area contributed by atoms with Gasteiger partial charge in [0.15, 0.2) is 5.89 Å². The van der Waals surface area contributed by atoms with Gasteiger partial charge in [-0.15, -0.1) is 0 Å². The minimum Gasteiger partial charge on any atom is -0.449 e. The van der Waals surface area contributed by atoms with E-state index in [-0.39, 0.29) is 0 Å². The van der Waals surface area contributed by atoms with Crippen LogP contribution in [0.15, 0.2) is 10.7 Å². The lowest BCUT2D eigenvalue weighted by atomic mass is 10.2. The van der Waals surface area contributed by atoms with E-state index in [0.717, 1.165) is 18.8 Å². The smallest absolute Gasteiger partial charge is 0.191 e. The third-order valence-electron chi connectivity index (χ3n) is 2.40. The summed E-state index contributed by atoms with van der Waals surface area (Å²) in [5.74, 6) is 0.697. The fraction of sp³-hybridized carbons (Fsp3) is 0.700. The maximum atomic E-state index is 5.53. The topological polar surface area (TPSA) is 47.3 Å². The summed E-state index contributed by atoms with van der Waals surface area (Å²) in [6, 6.07) is 0.531. The molecule has 2 heterocycles. The van der Waals surface area contributed by atoms with Crippen molar-refractivity contribution in [2.75, 3.05) is 13.2 Å². The zero-order valence-corrected chi connectivity index (χ0v) is 8.45. The van der Waals surface area contributed by atoms with E-state index in [1.807, 2.05) is 6.92 Å². The predicted octanol–water partition coefficient (Wildman–Crippen LogP) is 1.25. The van der Waals surface area contributed by atoms with Gasteiger partial charge in [0.05, 0.1) is 13.2 Å². The van der Waals surface area contributed by atoms with Gasteiger partial charge in [-0.25, -0.2) is 4.98 Å². The van der Waals surface area contributed by atoms with Crippen molar-refractivity contribution in [3.63, 3.8) is 0 Å². The molecule has 1 aromatic heterocycles. The van der Waals surface area contributed by atoms with Crippen LogP contribution in [-0.4, -0.2) is 24.2 Å². The van der Waals surface area contributed by atoms with Crippen molar-refractivity contribution in [1.29, 1.82) is 0 Å². The molecule has 78 valence electrons. The van der Waals surface area contributed by atoms with Gasteiger partial charge in [-0.05, 0) is 19.4 Å². The minimum atomic E-state index is 0.531. The van der Waals surface area contributed by atoms with Crippen LogP contribution in [-0.2, 0) is 11.3 Å². The highest BCUT2D eigenvalue weighted by Crippen LogP contribution is 2.07. The zero-order valence-electron chi connectivity index (χ0n) is 8.45. The molecule has 1 aliphatic rings. The lowest BCUT2D eigenvalue weighted by molar-refractivity contribution is 0.101. The Morgan fingerprint density at radius 2 is 2.64 bits per heavy atom. The summed E-state index contributed by atoms with van der Waals surface area (Å²) in [4.78, 5) is 4.16. The number of ether oxygens (including phenoxy) is 1. The molecule has 14 heavy (non-hydrogen) atoms. The summed E-state index contributed by atoms with van der Waals surface area (Å²) < 4.78 is 10.6. The summed E-state index contributed by atoms with van der Waals surface area (Å²) in [6.45, 7) is 4.28. The third-order valence-corrected chi connectivity index (χ3v) is 2.40. The Kier molecular flexibility index (Phi) is 3.16. The zero-order chi connectivity index (χ0) is 9.80. The van der Waals surface area contributed by atoms with Crippen molar-refractivity contribution in [1.82, 2.24) is 10.3 Å². The van der Waals surface area contributed by atoms with Gasteiger partial charge >= 0.3 is 0 Å². The fourth-order valence-corrected chi connectivity index (χ4v) is 1.68. The number of nitrogens with one attached hydrogen (secondary N) is 1. The number of aryl methyl sites for hydroxylation is 1. The second kappa shape index (κ2) is 4.57.